The first-order valence-corrected chi connectivity index (χ1v) is 15.7. The van der Waals surface area contributed by atoms with Crippen molar-refractivity contribution < 1.29 is 9.47 Å². The maximum atomic E-state index is 13.5. The van der Waals surface area contributed by atoms with Crippen molar-refractivity contribution in [1.29, 1.82) is 10.5 Å². The Kier molecular flexibility index (Phi) is 8.96. The van der Waals surface area contributed by atoms with E-state index in [0.717, 1.165) is 28.0 Å². The molecule has 226 valence electrons. The Hall–Kier alpha value is -5.25. The van der Waals surface area contributed by atoms with Crippen LogP contribution < -0.4 is 30.0 Å². The van der Waals surface area contributed by atoms with Gasteiger partial charge in [0.25, 0.3) is 5.56 Å². The number of halogens is 2. The van der Waals surface area contributed by atoms with Gasteiger partial charge in [0.1, 0.15) is 35.2 Å². The summed E-state index contributed by atoms with van der Waals surface area (Å²) in [6.45, 7) is 0.605. The van der Waals surface area contributed by atoms with Gasteiger partial charge in [0.15, 0.2) is 0 Å². The number of allylic oxidation sites excluding steroid dienone is 1. The van der Waals surface area contributed by atoms with E-state index in [-0.39, 0.29) is 23.6 Å². The monoisotopic (exact) mass is 662 g/mol. The number of fused-ring (bicyclic) bond motifs is 1. The molecule has 0 saturated heterocycles. The summed E-state index contributed by atoms with van der Waals surface area (Å²) in [6.07, 6.45) is 1.73. The molecule has 0 saturated carbocycles. The Morgan fingerprint density at radius 3 is 1.83 bits per heavy atom. The third-order valence-electron chi connectivity index (χ3n) is 7.48. The van der Waals surface area contributed by atoms with Crippen LogP contribution in [0.4, 0.5) is 0 Å². The standard InChI is InChI=1S/C36H24Cl2N4O3S/c37-30-7-3-1-5-24(30)20-44-26-13-9-22(10-14-26)17-32-35(43)42-34(41)28(18-39)33(29(19-40)36(42)46-32)23-11-15-27(16-12-23)45-21-25-6-2-4-8-31(25)38/h1-17,33H,20-21,41H2/t33-/m0/s1. The zero-order chi connectivity index (χ0) is 32.2. The fourth-order valence-electron chi connectivity index (χ4n) is 5.11. The van der Waals surface area contributed by atoms with Gasteiger partial charge in [-0.3, -0.25) is 9.36 Å². The van der Waals surface area contributed by atoms with Crippen LogP contribution in [0.3, 0.4) is 0 Å². The summed E-state index contributed by atoms with van der Waals surface area (Å²) in [7, 11) is 0. The van der Waals surface area contributed by atoms with Crippen molar-refractivity contribution in [3.63, 3.8) is 0 Å². The second-order valence-corrected chi connectivity index (χ2v) is 12.2. The van der Waals surface area contributed by atoms with Gasteiger partial charge in [-0.05, 0) is 53.6 Å². The van der Waals surface area contributed by atoms with E-state index in [1.165, 1.54) is 4.57 Å². The van der Waals surface area contributed by atoms with Gasteiger partial charge in [-0.15, -0.1) is 11.3 Å². The van der Waals surface area contributed by atoms with Crippen LogP contribution in [0, 0.1) is 22.7 Å². The third kappa shape index (κ3) is 6.15. The van der Waals surface area contributed by atoms with E-state index >= 15 is 0 Å². The molecule has 0 fully saturated rings. The lowest BCUT2D eigenvalue weighted by Crippen LogP contribution is -2.38. The molecule has 10 heteroatoms. The van der Waals surface area contributed by atoms with Crippen molar-refractivity contribution in [3.8, 4) is 23.6 Å². The molecule has 6 rings (SSSR count). The average molecular weight is 664 g/mol. The van der Waals surface area contributed by atoms with E-state index in [2.05, 4.69) is 12.1 Å². The molecule has 1 aliphatic heterocycles. The lowest BCUT2D eigenvalue weighted by atomic mass is 9.84. The predicted molar refractivity (Wildman–Crippen MR) is 181 cm³/mol. The van der Waals surface area contributed by atoms with Crippen LogP contribution in [0.2, 0.25) is 10.0 Å². The Morgan fingerprint density at radius 2 is 1.30 bits per heavy atom. The molecule has 0 aliphatic carbocycles. The Bertz CT molecular complexity index is 2240. The minimum Gasteiger partial charge on any atom is -0.489 e. The number of hydrogen-bond donors (Lipinski definition) is 1. The van der Waals surface area contributed by atoms with Gasteiger partial charge in [0.05, 0.1) is 33.7 Å². The fraction of sp³-hybridized carbons (Fsp3) is 0.0833. The average Bonchev–Trinajstić information content (AvgIpc) is 3.40. The molecular formula is C36H24Cl2N4O3S. The molecule has 7 nitrogen and oxygen atoms in total. The van der Waals surface area contributed by atoms with Crippen molar-refractivity contribution in [1.82, 2.24) is 4.57 Å². The fourth-order valence-corrected chi connectivity index (χ4v) is 6.61. The quantitative estimate of drug-likeness (QED) is 0.208. The summed E-state index contributed by atoms with van der Waals surface area (Å²) in [5.41, 5.74) is 9.59. The zero-order valence-corrected chi connectivity index (χ0v) is 26.4. The van der Waals surface area contributed by atoms with Gasteiger partial charge in [0, 0.05) is 21.2 Å². The first-order chi connectivity index (χ1) is 22.4. The van der Waals surface area contributed by atoms with Crippen LogP contribution in [0.1, 0.15) is 28.2 Å². The number of nitrogens with two attached hydrogens (primary N) is 1. The van der Waals surface area contributed by atoms with Crippen LogP contribution in [0.15, 0.2) is 107 Å². The summed E-state index contributed by atoms with van der Waals surface area (Å²) < 4.78 is 13.8. The second-order valence-electron chi connectivity index (χ2n) is 10.3. The van der Waals surface area contributed by atoms with Gasteiger partial charge in [-0.2, -0.15) is 10.5 Å². The summed E-state index contributed by atoms with van der Waals surface area (Å²) in [5, 5.41) is 21.7. The largest absolute Gasteiger partial charge is 0.489 e. The Morgan fingerprint density at radius 1 is 0.783 bits per heavy atom. The predicted octanol–water partition coefficient (Wildman–Crippen LogP) is 6.33. The van der Waals surface area contributed by atoms with Gasteiger partial charge in [-0.25, -0.2) is 0 Å². The van der Waals surface area contributed by atoms with Crippen LogP contribution in [-0.4, -0.2) is 4.57 Å². The van der Waals surface area contributed by atoms with E-state index in [1.807, 2.05) is 54.6 Å². The molecule has 46 heavy (non-hydrogen) atoms. The molecule has 1 atom stereocenters. The highest BCUT2D eigenvalue weighted by Crippen LogP contribution is 2.36. The maximum Gasteiger partial charge on any atom is 0.274 e. The topological polar surface area (TPSA) is 114 Å². The number of nitrogens with zero attached hydrogens (tertiary/aromatic N) is 3. The summed E-state index contributed by atoms with van der Waals surface area (Å²) in [6, 6.07) is 33.7. The van der Waals surface area contributed by atoms with Gasteiger partial charge in [-0.1, -0.05) is 83.9 Å². The Balaban J connectivity index is 1.29. The molecule has 0 radical (unpaired) electrons. The Labute approximate surface area is 278 Å². The zero-order valence-electron chi connectivity index (χ0n) is 24.1. The molecule has 5 aromatic rings. The molecule has 4 aromatic carbocycles. The van der Waals surface area contributed by atoms with Crippen LogP contribution in [0.5, 0.6) is 11.5 Å². The molecule has 0 spiro atoms. The summed E-state index contributed by atoms with van der Waals surface area (Å²) in [5.74, 6) is 0.504. The van der Waals surface area contributed by atoms with E-state index in [1.54, 1.807) is 48.5 Å². The molecule has 0 amide bonds. The van der Waals surface area contributed by atoms with Crippen molar-refractivity contribution in [3.05, 3.63) is 154 Å². The molecule has 1 aromatic heterocycles. The van der Waals surface area contributed by atoms with Gasteiger partial charge < -0.3 is 15.2 Å². The number of thiazole rings is 1. The summed E-state index contributed by atoms with van der Waals surface area (Å²) in [4.78, 5) is 13.5. The number of nitriles is 2. The molecule has 2 N–H and O–H groups in total. The number of rotatable bonds is 8. The smallest absolute Gasteiger partial charge is 0.274 e. The number of aromatic nitrogens is 1. The van der Waals surface area contributed by atoms with Gasteiger partial charge >= 0.3 is 0 Å². The van der Waals surface area contributed by atoms with E-state index in [0.29, 0.717) is 42.9 Å². The summed E-state index contributed by atoms with van der Waals surface area (Å²) >= 11 is 13.6. The van der Waals surface area contributed by atoms with Crippen molar-refractivity contribution in [2.24, 2.45) is 5.73 Å². The normalized spacial score (nSPS) is 14.4. The highest BCUT2D eigenvalue weighted by Gasteiger charge is 2.32. The van der Waals surface area contributed by atoms with Crippen LogP contribution in [0.25, 0.3) is 17.5 Å². The van der Waals surface area contributed by atoms with Crippen LogP contribution >= 0.6 is 34.5 Å². The molecule has 0 bridgehead atoms. The number of benzene rings is 4. The van der Waals surface area contributed by atoms with Crippen molar-refractivity contribution in [2.75, 3.05) is 0 Å². The minimum absolute atomic E-state index is 0.00441. The third-order valence-corrected chi connectivity index (χ3v) is 9.33. The maximum absolute atomic E-state index is 13.5. The SMILES string of the molecule is N#CC1=C(N)n2c(sc(=Cc3ccc(OCc4ccccc4Cl)cc3)c2=O)=C(C#N)[C@H]1c1ccc(OCc2ccccc2Cl)cc1. The van der Waals surface area contributed by atoms with Gasteiger partial charge in [0.2, 0.25) is 0 Å². The van der Waals surface area contributed by atoms with Crippen molar-refractivity contribution in [2.45, 2.75) is 19.1 Å². The molecule has 0 unspecified atom stereocenters. The van der Waals surface area contributed by atoms with E-state index < -0.39 is 11.5 Å². The minimum atomic E-state index is -0.743. The highest BCUT2D eigenvalue weighted by atomic mass is 35.5. The van der Waals surface area contributed by atoms with Crippen LogP contribution in [-0.2, 0) is 13.2 Å². The first kappa shape index (κ1) is 30.8. The first-order valence-electron chi connectivity index (χ1n) is 14.1. The molecule has 2 heterocycles. The van der Waals surface area contributed by atoms with E-state index in [9.17, 15) is 15.3 Å². The second kappa shape index (κ2) is 13.4. The molecular weight excluding hydrogens is 639 g/mol. The van der Waals surface area contributed by atoms with Crippen molar-refractivity contribution >= 4 is 52.0 Å². The lowest BCUT2D eigenvalue weighted by molar-refractivity contribution is 0.306. The molecule has 1 aliphatic rings. The number of ether oxygens (including phenoxy) is 2. The van der Waals surface area contributed by atoms with E-state index in [4.69, 9.17) is 38.4 Å². The lowest BCUT2D eigenvalue weighted by Gasteiger charge is -2.22. The number of hydrogen-bond acceptors (Lipinski definition) is 7. The highest BCUT2D eigenvalue weighted by molar-refractivity contribution is 7.07.